The van der Waals surface area contributed by atoms with Gasteiger partial charge in [0.1, 0.15) is 16.9 Å². The Balaban J connectivity index is 1.18. The summed E-state index contributed by atoms with van der Waals surface area (Å²) >= 11 is 0. The number of nitrogens with one attached hydrogen (secondary N) is 1. The van der Waals surface area contributed by atoms with Gasteiger partial charge in [0.15, 0.2) is 5.82 Å². The molecule has 10 heteroatoms. The first-order valence-corrected chi connectivity index (χ1v) is 15.0. The molecule has 2 fully saturated rings. The molecular formula is C30H45N9O. The van der Waals surface area contributed by atoms with Crippen LogP contribution in [0.25, 0.3) is 11.0 Å². The summed E-state index contributed by atoms with van der Waals surface area (Å²) in [4.78, 5) is 26.6. The molecule has 2 saturated carbocycles. The minimum atomic E-state index is 0.204. The molecule has 0 spiro atoms. The summed E-state index contributed by atoms with van der Waals surface area (Å²) in [6.07, 6.45) is 8.73. The van der Waals surface area contributed by atoms with Gasteiger partial charge in [0, 0.05) is 63.4 Å². The number of aryl methyl sites for hydroxylation is 4. The Hall–Kier alpha value is -3.01. The molecule has 40 heavy (non-hydrogen) atoms. The maximum atomic E-state index is 12.6. The van der Waals surface area contributed by atoms with Crippen molar-refractivity contribution in [2.45, 2.75) is 91.3 Å². The first-order chi connectivity index (χ1) is 19.1. The van der Waals surface area contributed by atoms with Crippen molar-refractivity contribution < 1.29 is 4.79 Å². The zero-order valence-electron chi connectivity index (χ0n) is 25.1. The predicted octanol–water partition coefficient (Wildman–Crippen LogP) is 3.45. The smallest absolute Gasteiger partial charge is 0.221 e. The van der Waals surface area contributed by atoms with Crippen LogP contribution in [0.2, 0.25) is 0 Å². The van der Waals surface area contributed by atoms with Crippen LogP contribution in [0.5, 0.6) is 0 Å². The lowest BCUT2D eigenvalue weighted by atomic mass is 9.60. The average molecular weight is 548 g/mol. The van der Waals surface area contributed by atoms with E-state index in [1.54, 1.807) is 0 Å². The van der Waals surface area contributed by atoms with Gasteiger partial charge in [0.05, 0.1) is 11.4 Å². The lowest BCUT2D eigenvalue weighted by Gasteiger charge is -2.49. The Bertz CT molecular complexity index is 1420. The lowest BCUT2D eigenvalue weighted by Crippen LogP contribution is -2.50. The molecule has 3 aliphatic rings. The van der Waals surface area contributed by atoms with Crippen LogP contribution in [0.15, 0.2) is 0 Å². The van der Waals surface area contributed by atoms with Crippen LogP contribution in [-0.4, -0.2) is 73.6 Å². The van der Waals surface area contributed by atoms with E-state index in [2.05, 4.69) is 36.8 Å². The summed E-state index contributed by atoms with van der Waals surface area (Å²) in [5.74, 6) is 2.55. The van der Waals surface area contributed by atoms with Gasteiger partial charge in [0.2, 0.25) is 5.91 Å². The number of nitrogens with zero attached hydrogens (tertiary/aromatic N) is 8. The van der Waals surface area contributed by atoms with Gasteiger partial charge in [-0.15, -0.1) is 0 Å². The normalized spacial score (nSPS) is 24.5. The fraction of sp³-hybridized carbons (Fsp3) is 0.700. The van der Waals surface area contributed by atoms with Gasteiger partial charge < -0.3 is 15.1 Å². The molecule has 2 bridgehead atoms. The lowest BCUT2D eigenvalue weighted by molar-refractivity contribution is -0.123. The molecule has 1 amide bonds. The minimum absolute atomic E-state index is 0.204. The molecule has 4 heterocycles. The second kappa shape index (κ2) is 10.4. The quantitative estimate of drug-likeness (QED) is 0.484. The first-order valence-electron chi connectivity index (χ1n) is 15.0. The van der Waals surface area contributed by atoms with Gasteiger partial charge in [-0.1, -0.05) is 6.42 Å². The van der Waals surface area contributed by atoms with E-state index < -0.39 is 0 Å². The minimum Gasteiger partial charge on any atom is -0.353 e. The number of hydrogen-bond acceptors (Lipinski definition) is 7. The topological polar surface area (TPSA) is 97.0 Å². The monoisotopic (exact) mass is 547 g/mol. The number of fused-ring (bicyclic) bond motifs is 4. The van der Waals surface area contributed by atoms with E-state index >= 15 is 0 Å². The van der Waals surface area contributed by atoms with Gasteiger partial charge >= 0.3 is 0 Å². The first kappa shape index (κ1) is 27.2. The third kappa shape index (κ3) is 4.99. The number of carbonyl (C=O) groups is 1. The van der Waals surface area contributed by atoms with Crippen LogP contribution in [0.3, 0.4) is 0 Å². The van der Waals surface area contributed by atoms with Crippen LogP contribution in [-0.2, 0) is 31.4 Å². The largest absolute Gasteiger partial charge is 0.353 e. The van der Waals surface area contributed by atoms with E-state index in [0.717, 1.165) is 73.1 Å². The highest BCUT2D eigenvalue weighted by atomic mass is 16.1. The fourth-order valence-electron chi connectivity index (χ4n) is 7.72. The van der Waals surface area contributed by atoms with Crippen LogP contribution >= 0.6 is 0 Å². The van der Waals surface area contributed by atoms with Crippen molar-refractivity contribution >= 4 is 22.8 Å². The summed E-state index contributed by atoms with van der Waals surface area (Å²) < 4.78 is 4.28. The summed E-state index contributed by atoms with van der Waals surface area (Å²) in [6.45, 7) is 9.67. The molecule has 0 radical (unpaired) electrons. The van der Waals surface area contributed by atoms with Crippen molar-refractivity contribution in [2.24, 2.45) is 18.4 Å². The Labute approximate surface area is 237 Å². The van der Waals surface area contributed by atoms with Crippen molar-refractivity contribution in [3.05, 3.63) is 28.5 Å². The second-order valence-electron chi connectivity index (χ2n) is 13.0. The molecule has 6 rings (SSSR count). The summed E-state index contributed by atoms with van der Waals surface area (Å²) in [5, 5.41) is 13.2. The third-order valence-electron chi connectivity index (χ3n) is 9.73. The SMILES string of the molecule is Cc1nc(N2CCc3c(c(C)nn3CC34CCCC(C3)C(NC(=O)CCN(C)C)CC4)C2)c2c(n1)c(C)nn2C. The molecule has 0 saturated heterocycles. The van der Waals surface area contributed by atoms with Crippen molar-refractivity contribution in [2.75, 3.05) is 32.1 Å². The van der Waals surface area contributed by atoms with Crippen LogP contribution in [0.4, 0.5) is 5.82 Å². The Morgan fingerprint density at radius 2 is 1.93 bits per heavy atom. The molecule has 3 aromatic heterocycles. The highest BCUT2D eigenvalue weighted by Crippen LogP contribution is 2.50. The van der Waals surface area contributed by atoms with E-state index in [9.17, 15) is 4.79 Å². The van der Waals surface area contributed by atoms with E-state index in [0.29, 0.717) is 23.8 Å². The maximum Gasteiger partial charge on any atom is 0.221 e. The van der Waals surface area contributed by atoms with Gasteiger partial charge in [-0.05, 0) is 78.3 Å². The van der Waals surface area contributed by atoms with Gasteiger partial charge in [0.25, 0.3) is 0 Å². The number of hydrogen-bond donors (Lipinski definition) is 1. The molecule has 1 N–H and O–H groups in total. The highest BCUT2D eigenvalue weighted by molar-refractivity contribution is 5.88. The molecule has 2 aliphatic carbocycles. The summed E-state index contributed by atoms with van der Waals surface area (Å²) in [6, 6.07) is 0.328. The second-order valence-corrected chi connectivity index (χ2v) is 13.0. The molecular weight excluding hydrogens is 502 g/mol. The summed E-state index contributed by atoms with van der Waals surface area (Å²) in [7, 11) is 6.03. The maximum absolute atomic E-state index is 12.6. The highest BCUT2D eigenvalue weighted by Gasteiger charge is 2.45. The Morgan fingerprint density at radius 1 is 1.10 bits per heavy atom. The summed E-state index contributed by atoms with van der Waals surface area (Å²) in [5.41, 5.74) is 7.06. The number of amides is 1. The van der Waals surface area contributed by atoms with Crippen molar-refractivity contribution in [1.82, 2.24) is 39.7 Å². The van der Waals surface area contributed by atoms with Crippen LogP contribution in [0, 0.1) is 32.1 Å². The number of carbonyl (C=O) groups excluding carboxylic acids is 1. The van der Waals surface area contributed by atoms with Gasteiger partial charge in [-0.2, -0.15) is 10.2 Å². The molecule has 0 aromatic carbocycles. The molecule has 3 aromatic rings. The molecule has 216 valence electrons. The molecule has 3 unspecified atom stereocenters. The van der Waals surface area contributed by atoms with Crippen LogP contribution in [0.1, 0.15) is 73.4 Å². The van der Waals surface area contributed by atoms with Crippen molar-refractivity contribution in [1.29, 1.82) is 0 Å². The molecule has 3 atom stereocenters. The number of rotatable bonds is 7. The standard InChI is InChI=1S/C30H45N9O/c1-19-23-17-38(29-28-27(31-21(3)32-29)20(2)34-37(28)6)15-10-25(23)39(35-19)18-30-12-7-8-22(16-30)24(9-13-30)33-26(40)11-14-36(4)5/h22,24H,7-18H2,1-6H3,(H,33,40). The zero-order valence-corrected chi connectivity index (χ0v) is 25.1. The zero-order chi connectivity index (χ0) is 28.2. The predicted molar refractivity (Wildman–Crippen MR) is 156 cm³/mol. The van der Waals surface area contributed by atoms with E-state index in [4.69, 9.17) is 10.1 Å². The van der Waals surface area contributed by atoms with Crippen molar-refractivity contribution in [3.8, 4) is 0 Å². The van der Waals surface area contributed by atoms with E-state index in [-0.39, 0.29) is 5.91 Å². The number of aromatic nitrogens is 6. The molecule has 1 aliphatic heterocycles. The van der Waals surface area contributed by atoms with Crippen molar-refractivity contribution in [3.63, 3.8) is 0 Å². The Morgan fingerprint density at radius 3 is 2.73 bits per heavy atom. The fourth-order valence-corrected chi connectivity index (χ4v) is 7.72. The Kier molecular flexibility index (Phi) is 7.09. The average Bonchev–Trinajstić information content (AvgIpc) is 3.38. The molecule has 10 nitrogen and oxygen atoms in total. The third-order valence-corrected chi connectivity index (χ3v) is 9.73. The number of anilines is 1. The van der Waals surface area contributed by atoms with E-state index in [1.807, 2.05) is 39.7 Å². The van der Waals surface area contributed by atoms with Gasteiger partial charge in [-0.3, -0.25) is 14.2 Å². The van der Waals surface area contributed by atoms with Crippen LogP contribution < -0.4 is 10.2 Å². The van der Waals surface area contributed by atoms with Gasteiger partial charge in [-0.25, -0.2) is 9.97 Å². The van der Waals surface area contributed by atoms with E-state index in [1.165, 1.54) is 43.4 Å².